The second kappa shape index (κ2) is 6.39. The Kier molecular flexibility index (Phi) is 5.15. The molecule has 0 unspecified atom stereocenters. The highest BCUT2D eigenvalue weighted by molar-refractivity contribution is 6.32. The summed E-state index contributed by atoms with van der Waals surface area (Å²) in [7, 11) is 0. The number of hydrogen-bond acceptors (Lipinski definition) is 4. The molecular formula is C11H18ClN5O. The molecule has 7 heteroatoms. The second-order valence-corrected chi connectivity index (χ2v) is 4.86. The lowest BCUT2D eigenvalue weighted by atomic mass is 10.2. The van der Waals surface area contributed by atoms with Crippen LogP contribution in [0.3, 0.4) is 0 Å². The van der Waals surface area contributed by atoms with Crippen LogP contribution in [0.2, 0.25) is 5.02 Å². The fourth-order valence-electron chi connectivity index (χ4n) is 1.57. The van der Waals surface area contributed by atoms with Gasteiger partial charge in [-0.1, -0.05) is 25.4 Å². The average Bonchev–Trinajstić information content (AvgIpc) is 2.27. The van der Waals surface area contributed by atoms with Crippen molar-refractivity contribution in [2.24, 2.45) is 11.7 Å². The molecule has 0 aromatic carbocycles. The highest BCUT2D eigenvalue weighted by Crippen LogP contribution is 2.19. The van der Waals surface area contributed by atoms with E-state index in [9.17, 15) is 4.79 Å². The number of rotatable bonds is 6. The van der Waals surface area contributed by atoms with Gasteiger partial charge in [0.15, 0.2) is 5.82 Å². The number of nitrogens with two attached hydrogens (primary N) is 1. The highest BCUT2D eigenvalue weighted by atomic mass is 35.5. The first kappa shape index (κ1) is 14.5. The largest absolute Gasteiger partial charge is 0.388 e. The number of hydrogen-bond donors (Lipinski definition) is 3. The zero-order valence-electron chi connectivity index (χ0n) is 10.5. The Morgan fingerprint density at radius 2 is 2.33 bits per heavy atom. The summed E-state index contributed by atoms with van der Waals surface area (Å²) in [4.78, 5) is 19.8. The SMILES string of the molecule is CC(C)CN(CCC(=N)N)c1nc[nH]c(=O)c1Cl. The van der Waals surface area contributed by atoms with Crippen LogP contribution in [0.15, 0.2) is 11.1 Å². The normalized spacial score (nSPS) is 10.7. The molecule has 0 aliphatic rings. The number of halogens is 1. The van der Waals surface area contributed by atoms with Gasteiger partial charge in [-0.25, -0.2) is 4.98 Å². The maximum absolute atomic E-state index is 11.4. The Morgan fingerprint density at radius 1 is 1.67 bits per heavy atom. The van der Waals surface area contributed by atoms with Gasteiger partial charge < -0.3 is 15.6 Å². The number of anilines is 1. The number of H-pyrrole nitrogens is 1. The van der Waals surface area contributed by atoms with Crippen molar-refractivity contribution in [2.45, 2.75) is 20.3 Å². The Balaban J connectivity index is 2.97. The van der Waals surface area contributed by atoms with Crippen molar-refractivity contribution in [3.63, 3.8) is 0 Å². The summed E-state index contributed by atoms with van der Waals surface area (Å²) in [5.74, 6) is 0.925. The monoisotopic (exact) mass is 271 g/mol. The minimum absolute atomic E-state index is 0.0710. The van der Waals surface area contributed by atoms with Gasteiger partial charge in [0, 0.05) is 19.5 Å². The summed E-state index contributed by atoms with van der Waals surface area (Å²) < 4.78 is 0. The summed E-state index contributed by atoms with van der Waals surface area (Å²) in [5, 5.41) is 7.33. The number of nitrogens with zero attached hydrogens (tertiary/aromatic N) is 2. The van der Waals surface area contributed by atoms with E-state index in [1.54, 1.807) is 0 Å². The highest BCUT2D eigenvalue weighted by Gasteiger charge is 2.15. The Hall–Kier alpha value is -1.56. The van der Waals surface area contributed by atoms with Crippen molar-refractivity contribution in [3.8, 4) is 0 Å². The topological polar surface area (TPSA) is 98.9 Å². The van der Waals surface area contributed by atoms with E-state index in [0.717, 1.165) is 0 Å². The molecule has 0 aliphatic carbocycles. The van der Waals surface area contributed by atoms with Gasteiger partial charge in [0.25, 0.3) is 5.56 Å². The van der Waals surface area contributed by atoms with Crippen molar-refractivity contribution >= 4 is 23.3 Å². The van der Waals surface area contributed by atoms with Crippen LogP contribution in [0, 0.1) is 11.3 Å². The lowest BCUT2D eigenvalue weighted by Crippen LogP contribution is -2.33. The van der Waals surface area contributed by atoms with Gasteiger partial charge >= 0.3 is 0 Å². The van der Waals surface area contributed by atoms with E-state index in [4.69, 9.17) is 22.7 Å². The molecule has 0 fully saturated rings. The smallest absolute Gasteiger partial charge is 0.271 e. The van der Waals surface area contributed by atoms with Gasteiger partial charge in [-0.05, 0) is 5.92 Å². The van der Waals surface area contributed by atoms with Crippen LogP contribution in [-0.2, 0) is 0 Å². The predicted molar refractivity (Wildman–Crippen MR) is 73.4 cm³/mol. The standard InChI is InChI=1S/C11H18ClN5O/c1-7(2)5-17(4-3-8(13)14)10-9(12)11(18)16-6-15-10/h6-7H,3-5H2,1-2H3,(H3,13,14)(H,15,16,18). The molecule has 0 aliphatic heterocycles. The van der Waals surface area contributed by atoms with Crippen LogP contribution in [0.5, 0.6) is 0 Å². The van der Waals surface area contributed by atoms with Crippen LogP contribution >= 0.6 is 11.6 Å². The van der Waals surface area contributed by atoms with Crippen molar-refractivity contribution in [1.29, 1.82) is 5.41 Å². The summed E-state index contributed by atoms with van der Waals surface area (Å²) in [5.41, 5.74) is 4.99. The Labute approximate surface area is 111 Å². The lowest BCUT2D eigenvalue weighted by molar-refractivity contribution is 0.608. The molecule has 0 bridgehead atoms. The molecule has 1 aromatic rings. The first-order valence-corrected chi connectivity index (χ1v) is 6.10. The third-order valence-electron chi connectivity index (χ3n) is 2.31. The van der Waals surface area contributed by atoms with Crippen molar-refractivity contribution in [3.05, 3.63) is 21.7 Å². The second-order valence-electron chi connectivity index (χ2n) is 4.48. The molecule has 1 heterocycles. The Bertz CT molecular complexity index is 471. The van der Waals surface area contributed by atoms with Crippen molar-refractivity contribution in [1.82, 2.24) is 9.97 Å². The molecule has 0 saturated heterocycles. The molecular weight excluding hydrogens is 254 g/mol. The third kappa shape index (κ3) is 4.03. The van der Waals surface area contributed by atoms with E-state index < -0.39 is 0 Å². The van der Waals surface area contributed by atoms with E-state index in [1.165, 1.54) is 6.33 Å². The summed E-state index contributed by atoms with van der Waals surface area (Å²) in [6, 6.07) is 0. The summed E-state index contributed by atoms with van der Waals surface area (Å²) >= 11 is 5.95. The first-order chi connectivity index (χ1) is 8.41. The van der Waals surface area contributed by atoms with Gasteiger partial charge in [-0.2, -0.15) is 0 Å². The minimum atomic E-state index is -0.363. The van der Waals surface area contributed by atoms with E-state index >= 15 is 0 Å². The Morgan fingerprint density at radius 3 is 2.89 bits per heavy atom. The van der Waals surface area contributed by atoms with Crippen LogP contribution in [-0.4, -0.2) is 28.9 Å². The molecule has 0 radical (unpaired) electrons. The molecule has 18 heavy (non-hydrogen) atoms. The van der Waals surface area contributed by atoms with Crippen LogP contribution in [0.25, 0.3) is 0 Å². The fourth-order valence-corrected chi connectivity index (χ4v) is 1.80. The van der Waals surface area contributed by atoms with E-state index in [1.807, 2.05) is 4.90 Å². The fraction of sp³-hybridized carbons (Fsp3) is 0.545. The van der Waals surface area contributed by atoms with Crippen molar-refractivity contribution < 1.29 is 0 Å². The quantitative estimate of drug-likeness (QED) is 0.535. The molecule has 6 nitrogen and oxygen atoms in total. The van der Waals surface area contributed by atoms with E-state index in [-0.39, 0.29) is 16.4 Å². The zero-order valence-corrected chi connectivity index (χ0v) is 11.3. The predicted octanol–water partition coefficient (Wildman–Crippen LogP) is 1.21. The molecule has 1 aromatic heterocycles. The number of amidine groups is 1. The molecule has 0 saturated carbocycles. The molecule has 100 valence electrons. The molecule has 0 spiro atoms. The summed E-state index contributed by atoms with van der Waals surface area (Å²) in [6.07, 6.45) is 1.74. The maximum atomic E-state index is 11.4. The first-order valence-electron chi connectivity index (χ1n) is 5.72. The zero-order chi connectivity index (χ0) is 13.7. The van der Waals surface area contributed by atoms with E-state index in [2.05, 4.69) is 23.8 Å². The average molecular weight is 272 g/mol. The maximum Gasteiger partial charge on any atom is 0.271 e. The van der Waals surface area contributed by atoms with Gasteiger partial charge in [0.1, 0.15) is 5.02 Å². The van der Waals surface area contributed by atoms with Gasteiger partial charge in [-0.3, -0.25) is 10.2 Å². The van der Waals surface area contributed by atoms with Gasteiger partial charge in [-0.15, -0.1) is 0 Å². The molecule has 1 rings (SSSR count). The number of aromatic amines is 1. The minimum Gasteiger partial charge on any atom is -0.388 e. The third-order valence-corrected chi connectivity index (χ3v) is 2.65. The number of nitrogens with one attached hydrogen (secondary N) is 2. The van der Waals surface area contributed by atoms with Crippen LogP contribution < -0.4 is 16.2 Å². The lowest BCUT2D eigenvalue weighted by Gasteiger charge is -2.25. The summed E-state index contributed by atoms with van der Waals surface area (Å²) in [6.45, 7) is 5.33. The van der Waals surface area contributed by atoms with E-state index in [0.29, 0.717) is 31.2 Å². The van der Waals surface area contributed by atoms with Crippen LogP contribution in [0.4, 0.5) is 5.82 Å². The molecule has 0 atom stereocenters. The van der Waals surface area contributed by atoms with Crippen molar-refractivity contribution in [2.75, 3.05) is 18.0 Å². The molecule has 0 amide bonds. The van der Waals surface area contributed by atoms with Gasteiger partial charge in [0.2, 0.25) is 0 Å². The van der Waals surface area contributed by atoms with Crippen LogP contribution in [0.1, 0.15) is 20.3 Å². The molecule has 4 N–H and O–H groups in total. The van der Waals surface area contributed by atoms with Gasteiger partial charge in [0.05, 0.1) is 12.2 Å². The number of aromatic nitrogens is 2.